The highest BCUT2D eigenvalue weighted by Crippen LogP contribution is 2.18. The topological polar surface area (TPSA) is 12.0 Å². The van der Waals surface area contributed by atoms with Gasteiger partial charge in [0.1, 0.15) is 0 Å². The smallest absolute Gasteiger partial charge is 0.00982 e. The molecule has 1 aromatic rings. The minimum Gasteiger partial charge on any atom is -0.314 e. The van der Waals surface area contributed by atoms with Gasteiger partial charge in [0.15, 0.2) is 0 Å². The van der Waals surface area contributed by atoms with Gasteiger partial charge in [-0.2, -0.15) is 0 Å². The monoisotopic (exact) mass is 247 g/mol. The first-order valence-electron chi connectivity index (χ1n) is 7.59. The second-order valence-electron chi connectivity index (χ2n) is 5.16. The molecular formula is C17H29N. The first-order chi connectivity index (χ1) is 8.81. The van der Waals surface area contributed by atoms with Crippen LogP contribution in [0.3, 0.4) is 0 Å². The van der Waals surface area contributed by atoms with Crippen molar-refractivity contribution >= 4 is 0 Å². The molecule has 18 heavy (non-hydrogen) atoms. The van der Waals surface area contributed by atoms with Gasteiger partial charge in [0.25, 0.3) is 0 Å². The zero-order valence-corrected chi connectivity index (χ0v) is 12.3. The van der Waals surface area contributed by atoms with Gasteiger partial charge in [0.2, 0.25) is 0 Å². The highest BCUT2D eigenvalue weighted by Gasteiger charge is 2.17. The molecule has 0 saturated carbocycles. The van der Waals surface area contributed by atoms with E-state index in [2.05, 4.69) is 56.4 Å². The van der Waals surface area contributed by atoms with E-state index in [1.165, 1.54) is 37.7 Å². The Hall–Kier alpha value is -0.820. The van der Waals surface area contributed by atoms with Crippen molar-refractivity contribution < 1.29 is 0 Å². The number of hydrogen-bond donors (Lipinski definition) is 1. The maximum absolute atomic E-state index is 3.74. The van der Waals surface area contributed by atoms with E-state index in [4.69, 9.17) is 0 Å². The Morgan fingerprint density at radius 1 is 1.00 bits per heavy atom. The molecule has 1 atom stereocenters. The third-order valence-corrected chi connectivity index (χ3v) is 3.86. The normalized spacial score (nSPS) is 12.9. The predicted molar refractivity (Wildman–Crippen MR) is 80.9 cm³/mol. The zero-order valence-electron chi connectivity index (χ0n) is 12.3. The Kier molecular flexibility index (Phi) is 7.75. The van der Waals surface area contributed by atoms with Crippen LogP contribution in [0.2, 0.25) is 0 Å². The van der Waals surface area contributed by atoms with Gasteiger partial charge in [-0.15, -0.1) is 0 Å². The molecule has 0 heterocycles. The van der Waals surface area contributed by atoms with E-state index < -0.39 is 0 Å². The molecule has 1 rings (SSSR count). The molecule has 1 N–H and O–H groups in total. The van der Waals surface area contributed by atoms with Gasteiger partial charge in [-0.05, 0) is 37.3 Å². The van der Waals surface area contributed by atoms with Crippen LogP contribution in [0.4, 0.5) is 0 Å². The summed E-state index contributed by atoms with van der Waals surface area (Å²) in [6, 6.07) is 11.5. The molecule has 0 spiro atoms. The Balaban J connectivity index is 2.49. The summed E-state index contributed by atoms with van der Waals surface area (Å²) in [5.41, 5.74) is 1.46. The van der Waals surface area contributed by atoms with Gasteiger partial charge in [0, 0.05) is 6.04 Å². The van der Waals surface area contributed by atoms with Crippen molar-refractivity contribution in [3.05, 3.63) is 35.9 Å². The standard InChI is InChI=1S/C17H29N/c1-4-14-18-17(16(5-2)6-3)13-12-15-10-8-7-9-11-15/h7-11,16-18H,4-6,12-14H2,1-3H3. The number of rotatable bonds is 9. The molecule has 102 valence electrons. The van der Waals surface area contributed by atoms with Crippen molar-refractivity contribution in [2.45, 2.75) is 58.9 Å². The maximum Gasteiger partial charge on any atom is 0.00982 e. The molecule has 0 amide bonds. The first-order valence-corrected chi connectivity index (χ1v) is 7.59. The highest BCUT2D eigenvalue weighted by atomic mass is 14.9. The fraction of sp³-hybridized carbons (Fsp3) is 0.647. The number of benzene rings is 1. The van der Waals surface area contributed by atoms with Crippen molar-refractivity contribution in [1.29, 1.82) is 0 Å². The van der Waals surface area contributed by atoms with Crippen LogP contribution in [0.1, 0.15) is 52.0 Å². The number of nitrogens with one attached hydrogen (secondary N) is 1. The van der Waals surface area contributed by atoms with Crippen LogP contribution in [0, 0.1) is 5.92 Å². The molecule has 0 radical (unpaired) electrons. The highest BCUT2D eigenvalue weighted by molar-refractivity contribution is 5.14. The molecule has 1 nitrogen and oxygen atoms in total. The van der Waals surface area contributed by atoms with E-state index in [0.717, 1.165) is 12.5 Å². The SMILES string of the molecule is CCCNC(CCc1ccccc1)C(CC)CC. The van der Waals surface area contributed by atoms with Crippen LogP contribution in [-0.2, 0) is 6.42 Å². The lowest BCUT2D eigenvalue weighted by Gasteiger charge is -2.26. The van der Waals surface area contributed by atoms with Crippen LogP contribution in [-0.4, -0.2) is 12.6 Å². The molecule has 0 fully saturated rings. The molecule has 0 aromatic heterocycles. The van der Waals surface area contributed by atoms with Gasteiger partial charge in [-0.1, -0.05) is 63.9 Å². The summed E-state index contributed by atoms with van der Waals surface area (Å²) >= 11 is 0. The largest absolute Gasteiger partial charge is 0.314 e. The number of aryl methyl sites for hydroxylation is 1. The molecule has 1 heteroatoms. The van der Waals surface area contributed by atoms with Crippen molar-refractivity contribution in [3.63, 3.8) is 0 Å². The van der Waals surface area contributed by atoms with Crippen molar-refractivity contribution in [2.24, 2.45) is 5.92 Å². The predicted octanol–water partition coefficient (Wildman–Crippen LogP) is 4.42. The van der Waals surface area contributed by atoms with Gasteiger partial charge in [-0.25, -0.2) is 0 Å². The molecule has 0 bridgehead atoms. The van der Waals surface area contributed by atoms with Crippen molar-refractivity contribution in [1.82, 2.24) is 5.32 Å². The van der Waals surface area contributed by atoms with Gasteiger partial charge >= 0.3 is 0 Å². The van der Waals surface area contributed by atoms with Crippen molar-refractivity contribution in [2.75, 3.05) is 6.54 Å². The van der Waals surface area contributed by atoms with E-state index in [-0.39, 0.29) is 0 Å². The lowest BCUT2D eigenvalue weighted by atomic mass is 9.89. The van der Waals surface area contributed by atoms with E-state index >= 15 is 0 Å². The molecule has 0 aliphatic carbocycles. The van der Waals surface area contributed by atoms with E-state index in [1.54, 1.807) is 0 Å². The Morgan fingerprint density at radius 3 is 2.22 bits per heavy atom. The lowest BCUT2D eigenvalue weighted by Crippen LogP contribution is -2.36. The summed E-state index contributed by atoms with van der Waals surface area (Å²) in [5, 5.41) is 3.74. The fourth-order valence-electron chi connectivity index (χ4n) is 2.66. The summed E-state index contributed by atoms with van der Waals surface area (Å²) in [5.74, 6) is 0.820. The first kappa shape index (κ1) is 15.2. The summed E-state index contributed by atoms with van der Waals surface area (Å²) < 4.78 is 0. The van der Waals surface area contributed by atoms with Gasteiger partial charge in [0.05, 0.1) is 0 Å². The average Bonchev–Trinajstić information content (AvgIpc) is 2.43. The second kappa shape index (κ2) is 9.16. The Bertz CT molecular complexity index is 290. The number of hydrogen-bond acceptors (Lipinski definition) is 1. The third-order valence-electron chi connectivity index (χ3n) is 3.86. The van der Waals surface area contributed by atoms with E-state index in [1.807, 2.05) is 0 Å². The summed E-state index contributed by atoms with van der Waals surface area (Å²) in [7, 11) is 0. The Labute approximate surface area is 113 Å². The van der Waals surface area contributed by atoms with Crippen LogP contribution in [0.15, 0.2) is 30.3 Å². The second-order valence-corrected chi connectivity index (χ2v) is 5.16. The molecule has 0 saturated heterocycles. The zero-order chi connectivity index (χ0) is 13.2. The molecule has 1 aromatic carbocycles. The summed E-state index contributed by atoms with van der Waals surface area (Å²) in [6.07, 6.45) is 6.25. The molecule has 0 aliphatic rings. The minimum absolute atomic E-state index is 0.681. The third kappa shape index (κ3) is 5.22. The van der Waals surface area contributed by atoms with E-state index in [9.17, 15) is 0 Å². The summed E-state index contributed by atoms with van der Waals surface area (Å²) in [6.45, 7) is 8.03. The van der Waals surface area contributed by atoms with Crippen LogP contribution >= 0.6 is 0 Å². The minimum atomic E-state index is 0.681. The fourth-order valence-corrected chi connectivity index (χ4v) is 2.66. The Morgan fingerprint density at radius 2 is 1.67 bits per heavy atom. The quantitative estimate of drug-likeness (QED) is 0.681. The lowest BCUT2D eigenvalue weighted by molar-refractivity contribution is 0.318. The van der Waals surface area contributed by atoms with E-state index in [0.29, 0.717) is 6.04 Å². The molecule has 0 aliphatic heterocycles. The van der Waals surface area contributed by atoms with Crippen molar-refractivity contribution in [3.8, 4) is 0 Å². The maximum atomic E-state index is 3.74. The molecule has 1 unspecified atom stereocenters. The summed E-state index contributed by atoms with van der Waals surface area (Å²) in [4.78, 5) is 0. The van der Waals surface area contributed by atoms with Crippen LogP contribution in [0.25, 0.3) is 0 Å². The van der Waals surface area contributed by atoms with Gasteiger partial charge < -0.3 is 5.32 Å². The van der Waals surface area contributed by atoms with Crippen LogP contribution in [0.5, 0.6) is 0 Å². The average molecular weight is 247 g/mol. The van der Waals surface area contributed by atoms with Gasteiger partial charge in [-0.3, -0.25) is 0 Å². The van der Waals surface area contributed by atoms with Crippen LogP contribution < -0.4 is 5.32 Å². The molecular weight excluding hydrogens is 218 g/mol.